The molecule has 0 saturated carbocycles. The monoisotopic (exact) mass is 267 g/mol. The van der Waals surface area contributed by atoms with Gasteiger partial charge in [-0.05, 0) is 24.7 Å². The zero-order valence-electron chi connectivity index (χ0n) is 11.6. The van der Waals surface area contributed by atoms with Gasteiger partial charge in [0.15, 0.2) is 0 Å². The molecule has 0 aliphatic rings. The smallest absolute Gasteiger partial charge is 0.337 e. The summed E-state index contributed by atoms with van der Waals surface area (Å²) in [7, 11) is 4.83. The van der Waals surface area contributed by atoms with E-state index in [4.69, 9.17) is 4.74 Å². The number of aliphatic hydroxyl groups is 1. The summed E-state index contributed by atoms with van der Waals surface area (Å²) in [6.07, 6.45) is -0.515. The third-order valence-electron chi connectivity index (χ3n) is 2.68. The van der Waals surface area contributed by atoms with E-state index in [1.807, 2.05) is 24.1 Å². The van der Waals surface area contributed by atoms with Crippen LogP contribution < -0.4 is 0 Å². The summed E-state index contributed by atoms with van der Waals surface area (Å²) >= 11 is 0. The molecule has 1 rings (SSSR count). The van der Waals surface area contributed by atoms with Crippen molar-refractivity contribution in [3.63, 3.8) is 0 Å². The van der Waals surface area contributed by atoms with Gasteiger partial charge in [0.1, 0.15) is 0 Å². The number of esters is 1. The first kappa shape index (κ1) is 15.6. The second kappa shape index (κ2) is 7.89. The summed E-state index contributed by atoms with van der Waals surface area (Å²) in [5, 5.41) is 9.64. The Labute approximate surface area is 113 Å². The Bertz CT molecular complexity index is 408. The van der Waals surface area contributed by atoms with Crippen LogP contribution in [-0.4, -0.2) is 56.5 Å². The fraction of sp³-hybridized carbons (Fsp3) is 0.500. The maximum Gasteiger partial charge on any atom is 0.337 e. The van der Waals surface area contributed by atoms with Gasteiger partial charge in [-0.15, -0.1) is 0 Å². The summed E-state index contributed by atoms with van der Waals surface area (Å²) in [6, 6.07) is 7.27. The van der Waals surface area contributed by atoms with Crippen molar-refractivity contribution in [2.45, 2.75) is 12.6 Å². The van der Waals surface area contributed by atoms with Gasteiger partial charge < -0.3 is 14.6 Å². The molecule has 1 N–H and O–H groups in total. The molecule has 0 radical (unpaired) electrons. The first-order valence-electron chi connectivity index (χ1n) is 6.09. The average molecular weight is 267 g/mol. The molecule has 1 unspecified atom stereocenters. The van der Waals surface area contributed by atoms with Gasteiger partial charge in [0.05, 0.1) is 25.4 Å². The second-order valence-electron chi connectivity index (χ2n) is 4.50. The van der Waals surface area contributed by atoms with Crippen molar-refractivity contribution in [3.05, 3.63) is 35.4 Å². The summed E-state index contributed by atoms with van der Waals surface area (Å²) in [6.45, 7) is 1.47. The van der Waals surface area contributed by atoms with E-state index in [9.17, 15) is 9.90 Å². The number of aliphatic hydroxyl groups excluding tert-OH is 1. The molecule has 5 nitrogen and oxygen atoms in total. The number of carbonyl (C=O) groups excluding carboxylic acids is 1. The molecule has 1 atom stereocenters. The number of nitrogens with zero attached hydrogens (tertiary/aromatic N) is 1. The van der Waals surface area contributed by atoms with Crippen LogP contribution in [0.25, 0.3) is 0 Å². The summed E-state index contributed by atoms with van der Waals surface area (Å²) in [4.78, 5) is 13.4. The molecule has 0 fully saturated rings. The number of methoxy groups -OCH3 is 2. The lowest BCUT2D eigenvalue weighted by molar-refractivity contribution is 0.0418. The van der Waals surface area contributed by atoms with Crippen molar-refractivity contribution in [1.82, 2.24) is 4.90 Å². The Balaban J connectivity index is 2.59. The zero-order valence-corrected chi connectivity index (χ0v) is 11.6. The number of hydrogen-bond donors (Lipinski definition) is 1. The summed E-state index contributed by atoms with van der Waals surface area (Å²) in [5.74, 6) is -0.344. The highest BCUT2D eigenvalue weighted by atomic mass is 16.5. The number of rotatable bonds is 7. The molecule has 5 heteroatoms. The van der Waals surface area contributed by atoms with Gasteiger partial charge in [0.2, 0.25) is 0 Å². The Morgan fingerprint density at radius 3 is 2.79 bits per heavy atom. The SMILES string of the molecule is COCC(O)CN(C)Cc1cccc(C(=O)OC)c1. The Hall–Kier alpha value is -1.43. The van der Waals surface area contributed by atoms with Crippen molar-refractivity contribution in [1.29, 1.82) is 0 Å². The molecule has 0 aromatic heterocycles. The molecule has 19 heavy (non-hydrogen) atoms. The lowest BCUT2D eigenvalue weighted by Gasteiger charge is -2.20. The van der Waals surface area contributed by atoms with E-state index in [1.165, 1.54) is 7.11 Å². The molecule has 0 bridgehead atoms. The van der Waals surface area contributed by atoms with E-state index in [2.05, 4.69) is 4.74 Å². The molecule has 0 amide bonds. The molecule has 0 aliphatic heterocycles. The van der Waals surface area contributed by atoms with Gasteiger partial charge in [-0.3, -0.25) is 4.90 Å². The van der Waals surface area contributed by atoms with Gasteiger partial charge in [-0.25, -0.2) is 4.79 Å². The zero-order chi connectivity index (χ0) is 14.3. The van der Waals surface area contributed by atoms with E-state index in [1.54, 1.807) is 19.2 Å². The van der Waals surface area contributed by atoms with Crippen LogP contribution in [0.4, 0.5) is 0 Å². The third-order valence-corrected chi connectivity index (χ3v) is 2.68. The van der Waals surface area contributed by atoms with E-state index >= 15 is 0 Å². The normalized spacial score (nSPS) is 12.5. The van der Waals surface area contributed by atoms with Crippen molar-refractivity contribution in [3.8, 4) is 0 Å². The van der Waals surface area contributed by atoms with Crippen LogP contribution in [0, 0.1) is 0 Å². The molecule has 0 saturated heterocycles. The molecule has 106 valence electrons. The molecular formula is C14H21NO4. The number of hydrogen-bond acceptors (Lipinski definition) is 5. The van der Waals surface area contributed by atoms with Crippen molar-refractivity contribution < 1.29 is 19.4 Å². The van der Waals surface area contributed by atoms with Crippen LogP contribution in [0.1, 0.15) is 15.9 Å². The molecule has 0 spiro atoms. The first-order valence-corrected chi connectivity index (χ1v) is 6.09. The predicted molar refractivity (Wildman–Crippen MR) is 72.0 cm³/mol. The minimum atomic E-state index is -0.515. The molecule has 1 aromatic rings. The maximum atomic E-state index is 11.4. The summed E-state index contributed by atoms with van der Waals surface area (Å²) in [5.41, 5.74) is 1.53. The number of carbonyl (C=O) groups is 1. The quantitative estimate of drug-likeness (QED) is 0.744. The van der Waals surface area contributed by atoms with Crippen molar-refractivity contribution >= 4 is 5.97 Å². The minimum absolute atomic E-state index is 0.312. The van der Waals surface area contributed by atoms with Crippen LogP contribution in [0.3, 0.4) is 0 Å². The van der Waals surface area contributed by atoms with Crippen LogP contribution in [0.5, 0.6) is 0 Å². The fourth-order valence-electron chi connectivity index (χ4n) is 1.90. The Morgan fingerprint density at radius 1 is 1.42 bits per heavy atom. The Kier molecular flexibility index (Phi) is 6.49. The predicted octanol–water partition coefficient (Wildman–Crippen LogP) is 0.912. The van der Waals surface area contributed by atoms with Gasteiger partial charge in [0, 0.05) is 20.2 Å². The highest BCUT2D eigenvalue weighted by Gasteiger charge is 2.10. The maximum absolute atomic E-state index is 11.4. The average Bonchev–Trinajstić information content (AvgIpc) is 2.38. The molecule has 0 aliphatic carbocycles. The first-order chi connectivity index (χ1) is 9.06. The molecular weight excluding hydrogens is 246 g/mol. The van der Waals surface area contributed by atoms with Gasteiger partial charge in [0.25, 0.3) is 0 Å². The minimum Gasteiger partial charge on any atom is -0.465 e. The number of ether oxygens (including phenoxy) is 2. The standard InChI is InChI=1S/C14H21NO4/c1-15(9-13(16)10-18-2)8-11-5-4-6-12(7-11)14(17)19-3/h4-7,13,16H,8-10H2,1-3H3. The number of likely N-dealkylation sites (N-methyl/N-ethyl adjacent to an activating group) is 1. The van der Waals surface area contributed by atoms with Crippen LogP contribution >= 0.6 is 0 Å². The van der Waals surface area contributed by atoms with Crippen LogP contribution in [0.2, 0.25) is 0 Å². The van der Waals surface area contributed by atoms with E-state index < -0.39 is 6.10 Å². The van der Waals surface area contributed by atoms with Gasteiger partial charge >= 0.3 is 5.97 Å². The third kappa shape index (κ3) is 5.38. The highest BCUT2D eigenvalue weighted by molar-refractivity contribution is 5.89. The van der Waals surface area contributed by atoms with E-state index in [0.717, 1.165) is 5.56 Å². The van der Waals surface area contributed by atoms with Crippen LogP contribution in [0.15, 0.2) is 24.3 Å². The van der Waals surface area contributed by atoms with Gasteiger partial charge in [-0.1, -0.05) is 12.1 Å². The van der Waals surface area contributed by atoms with E-state index in [0.29, 0.717) is 25.3 Å². The van der Waals surface area contributed by atoms with E-state index in [-0.39, 0.29) is 5.97 Å². The molecule has 1 aromatic carbocycles. The topological polar surface area (TPSA) is 59.0 Å². The summed E-state index contributed by atoms with van der Waals surface area (Å²) < 4.78 is 9.57. The lowest BCUT2D eigenvalue weighted by atomic mass is 10.1. The largest absolute Gasteiger partial charge is 0.465 e. The fourth-order valence-corrected chi connectivity index (χ4v) is 1.90. The van der Waals surface area contributed by atoms with Crippen molar-refractivity contribution in [2.24, 2.45) is 0 Å². The molecule has 0 heterocycles. The Morgan fingerprint density at radius 2 is 2.16 bits per heavy atom. The van der Waals surface area contributed by atoms with Gasteiger partial charge in [-0.2, -0.15) is 0 Å². The highest BCUT2D eigenvalue weighted by Crippen LogP contribution is 2.09. The number of benzene rings is 1. The lowest BCUT2D eigenvalue weighted by Crippen LogP contribution is -2.31. The van der Waals surface area contributed by atoms with Crippen molar-refractivity contribution in [2.75, 3.05) is 34.4 Å². The van der Waals surface area contributed by atoms with Crippen LogP contribution in [-0.2, 0) is 16.0 Å². The second-order valence-corrected chi connectivity index (χ2v) is 4.50.